The molecule has 3 aromatic carbocycles. The highest BCUT2D eigenvalue weighted by atomic mass is 19.1. The molecular weight excluding hydrogens is 1120 g/mol. The van der Waals surface area contributed by atoms with E-state index in [-0.39, 0.29) is 59.3 Å². The molecule has 0 radical (unpaired) electrons. The van der Waals surface area contributed by atoms with Crippen LogP contribution in [0.2, 0.25) is 0 Å². The first-order chi connectivity index (χ1) is 42.4. The average molecular weight is 1210 g/mol. The Bertz CT molecular complexity index is 3530. The van der Waals surface area contributed by atoms with Crippen LogP contribution in [-0.2, 0) is 32.7 Å². The van der Waals surface area contributed by atoms with Crippen molar-refractivity contribution in [3.05, 3.63) is 98.7 Å². The number of piperazine rings is 1. The predicted octanol–water partition coefficient (Wildman–Crippen LogP) is 9.14. The zero-order valence-corrected chi connectivity index (χ0v) is 51.8. The maximum Gasteiger partial charge on any atom is 0.410 e. The van der Waals surface area contributed by atoms with Crippen LogP contribution in [0.25, 0.3) is 27.5 Å². The number of hydrogen-bond acceptors (Lipinski definition) is 14. The molecule has 19 nitrogen and oxygen atoms in total. The molecule has 8 aliphatic heterocycles. The van der Waals surface area contributed by atoms with Crippen molar-refractivity contribution in [2.75, 3.05) is 66.6 Å². The number of allylic oxidation sites excluding steroid dienone is 2. The smallest absolute Gasteiger partial charge is 0.410 e. The number of aromatic nitrogens is 2. The molecule has 4 aromatic rings. The summed E-state index contributed by atoms with van der Waals surface area (Å²) >= 11 is 0. The summed E-state index contributed by atoms with van der Waals surface area (Å²) < 4.78 is 45.3. The van der Waals surface area contributed by atoms with Crippen LogP contribution in [0.3, 0.4) is 0 Å². The van der Waals surface area contributed by atoms with Gasteiger partial charge in [-0.25, -0.2) is 28.2 Å². The molecule has 88 heavy (non-hydrogen) atoms. The van der Waals surface area contributed by atoms with Crippen LogP contribution in [-0.4, -0.2) is 178 Å². The molecule has 12 rings (SSSR count). The molecule has 21 heteroatoms. The minimum atomic E-state index is -0.670. The minimum Gasteiger partial charge on any atom is -0.448 e. The normalized spacial score (nSPS) is 24.7. The van der Waals surface area contributed by atoms with Gasteiger partial charge in [0.2, 0.25) is 11.8 Å². The summed E-state index contributed by atoms with van der Waals surface area (Å²) in [4.78, 5) is 86.7. The number of carbonyl (C=O) groups excluding carboxylic acids is 4. The lowest BCUT2D eigenvalue weighted by Crippen LogP contribution is -2.56. The van der Waals surface area contributed by atoms with Crippen LogP contribution in [0.15, 0.2) is 85.5 Å². The monoisotopic (exact) mass is 1210 g/mol. The summed E-state index contributed by atoms with van der Waals surface area (Å²) in [5, 5.41) is 10.5. The summed E-state index contributed by atoms with van der Waals surface area (Å²) in [5.74, 6) is 2.37. The second kappa shape index (κ2) is 27.5. The van der Waals surface area contributed by atoms with Gasteiger partial charge in [-0.3, -0.25) is 48.7 Å². The van der Waals surface area contributed by atoms with Gasteiger partial charge in [0.1, 0.15) is 41.3 Å². The number of benzene rings is 3. The van der Waals surface area contributed by atoms with Crippen molar-refractivity contribution in [2.24, 2.45) is 33.9 Å². The van der Waals surface area contributed by atoms with Gasteiger partial charge in [-0.15, -0.1) is 6.42 Å². The molecule has 470 valence electrons. The van der Waals surface area contributed by atoms with Gasteiger partial charge in [-0.05, 0) is 159 Å². The number of terminal acetylenes is 1. The van der Waals surface area contributed by atoms with Crippen LogP contribution in [0, 0.1) is 30.0 Å². The number of halogens is 2. The van der Waals surface area contributed by atoms with E-state index < -0.39 is 29.2 Å². The number of fused-ring (bicyclic) bond motifs is 5. The first-order valence-corrected chi connectivity index (χ1v) is 31.4. The fraction of sp³-hybridized carbons (Fsp3) is 0.552. The third-order valence-electron chi connectivity index (χ3n) is 19.2. The number of piperidine rings is 3. The number of ether oxygens (including phenoxy) is 2. The van der Waals surface area contributed by atoms with Crippen molar-refractivity contribution >= 4 is 70.1 Å². The summed E-state index contributed by atoms with van der Waals surface area (Å²) in [7, 11) is 4.24. The lowest BCUT2D eigenvalue weighted by atomic mass is 9.85. The lowest BCUT2D eigenvalue weighted by molar-refractivity contribution is -0.135. The van der Waals surface area contributed by atoms with E-state index in [9.17, 15) is 28.4 Å². The number of aliphatic hydroxyl groups excluding tert-OH is 1. The van der Waals surface area contributed by atoms with E-state index in [0.29, 0.717) is 65.8 Å². The Morgan fingerprint density at radius 3 is 2.19 bits per heavy atom. The molecule has 2 N–H and O–H groups in total. The van der Waals surface area contributed by atoms with E-state index in [1.165, 1.54) is 77.2 Å². The Morgan fingerprint density at radius 1 is 0.841 bits per heavy atom. The van der Waals surface area contributed by atoms with Crippen molar-refractivity contribution in [3.8, 4) is 12.3 Å². The molecule has 0 spiro atoms. The highest BCUT2D eigenvalue weighted by Crippen LogP contribution is 2.39. The van der Waals surface area contributed by atoms with E-state index in [2.05, 4.69) is 54.9 Å². The van der Waals surface area contributed by atoms with Gasteiger partial charge in [0, 0.05) is 89.6 Å². The molecule has 7 saturated heterocycles. The Balaban J connectivity index is 0.000000191. The van der Waals surface area contributed by atoms with Gasteiger partial charge in [0.25, 0.3) is 0 Å². The second-order valence-corrected chi connectivity index (χ2v) is 25.6. The Kier molecular flexibility index (Phi) is 19.8. The number of aryl methyl sites for hydroxylation is 1. The number of hydrogen-bond donors (Lipinski definition) is 2. The number of nitrogens with one attached hydrogen (secondary N) is 1. The van der Waals surface area contributed by atoms with E-state index in [1.54, 1.807) is 40.4 Å². The molecule has 5 atom stereocenters. The van der Waals surface area contributed by atoms with E-state index in [4.69, 9.17) is 21.0 Å². The highest BCUT2D eigenvalue weighted by Gasteiger charge is 2.46. The summed E-state index contributed by atoms with van der Waals surface area (Å²) in [5.41, 5.74) is 2.76. The third-order valence-corrected chi connectivity index (χ3v) is 19.2. The fourth-order valence-corrected chi connectivity index (χ4v) is 14.7. The quantitative estimate of drug-likeness (QED) is 0.0825. The third kappa shape index (κ3) is 13.4. The Labute approximate surface area is 514 Å². The maximum atomic E-state index is 16.2. The number of aliphatic hydroxyl groups is 1. The van der Waals surface area contributed by atoms with Crippen molar-refractivity contribution in [2.45, 2.75) is 153 Å². The highest BCUT2D eigenvalue weighted by molar-refractivity contribution is 6.29. The fourth-order valence-electron chi connectivity index (χ4n) is 14.7. The lowest BCUT2D eigenvalue weighted by Gasteiger charge is -2.42. The van der Waals surface area contributed by atoms with Crippen molar-refractivity contribution in [1.29, 1.82) is 0 Å². The number of imidazole rings is 1. The standard InChI is InChI=1S/C35H50N6O5.C31H31F2N5O2.CH4O/c1-37-31-21-26(6-9-29(31)41(34(37)44)30-10-11-32(42)36-33(30)43)22-38-17-12-24(13-18-38)4-5-25-14-19-39(20-15-25)35(45)46-23-28-8-7-27-3-2-16-40(27)28;1-7-21-24(32)14-11-18-9-8-10-22(25(18)21)28-26(33)27(34-5)23(15-36-28)29(35-6)37-16-19-12-13-20(17-37)38(19)30(39)40-31(2,3)4;1-2/h6,9,21,24-25,27-28,30H,2-5,7-8,10-20,22-23H2,1H3,(H,36,42,43);1,8-11,14-15,19-20H,6,12-13,16-17H2,2-5H3;2H,1H3/b;29-23+,34-27?;. The van der Waals surface area contributed by atoms with Crippen LogP contribution >= 0.6 is 0 Å². The number of likely N-dealkylation sites (tertiary alicyclic amines) is 3. The molecule has 0 aliphatic carbocycles. The molecule has 0 saturated carbocycles. The zero-order valence-electron chi connectivity index (χ0n) is 51.8. The number of rotatable bonds is 11. The number of imide groups is 1. The molecule has 1 aromatic heterocycles. The maximum absolute atomic E-state index is 16.2. The largest absolute Gasteiger partial charge is 0.448 e. The van der Waals surface area contributed by atoms with Gasteiger partial charge in [-0.2, -0.15) is 0 Å². The van der Waals surface area contributed by atoms with Gasteiger partial charge < -0.3 is 24.4 Å². The van der Waals surface area contributed by atoms with E-state index in [0.717, 1.165) is 94.1 Å². The topological polar surface area (TPSA) is 199 Å². The summed E-state index contributed by atoms with van der Waals surface area (Å²) in [6.45, 7) is 16.6. The minimum absolute atomic E-state index is 0.00952. The number of carbonyl (C=O) groups is 4. The Morgan fingerprint density at radius 2 is 1.53 bits per heavy atom. The number of amides is 4. The first-order valence-electron chi connectivity index (χ1n) is 31.4. The average Bonchev–Trinajstić information content (AvgIpc) is 4.45. The predicted molar refractivity (Wildman–Crippen MR) is 337 cm³/mol. The van der Waals surface area contributed by atoms with Crippen molar-refractivity contribution < 1.29 is 42.5 Å². The molecule has 2 bridgehead atoms. The van der Waals surface area contributed by atoms with Crippen molar-refractivity contribution in [1.82, 2.24) is 39.0 Å². The summed E-state index contributed by atoms with van der Waals surface area (Å²) in [6, 6.07) is 14.5. The number of aliphatic imine (C=N–C) groups is 3. The molecular formula is C67H85F2N11O8. The molecule has 5 unspecified atom stereocenters. The SMILES string of the molecule is C#Cc1c(F)ccc2cccc(C3=C(F)C(=NC)/C(=C(\N=C)N4CC5CCC(C4)N5C(=O)OC(C)(C)C)C=N3)c12.CO.Cn1c(=O)n(C2CCC(=O)NC2=O)c2ccc(CN3CCC(CCC4CCN(C(=O)OCC5CCC6CCCN65)CC4)CC3)cc21. The Hall–Kier alpha value is -7.54. The number of nitrogens with zero attached hydrogens (tertiary/aromatic N) is 10. The van der Waals surface area contributed by atoms with Crippen LogP contribution in [0.4, 0.5) is 18.4 Å². The van der Waals surface area contributed by atoms with Gasteiger partial charge in [0.15, 0.2) is 5.83 Å². The van der Waals surface area contributed by atoms with Gasteiger partial charge in [0.05, 0.1) is 34.3 Å². The zero-order chi connectivity index (χ0) is 62.6. The van der Waals surface area contributed by atoms with Crippen LogP contribution in [0.1, 0.15) is 133 Å². The second-order valence-electron chi connectivity index (χ2n) is 25.6. The molecule has 7 fully saturated rings. The summed E-state index contributed by atoms with van der Waals surface area (Å²) in [6.07, 6.45) is 21.1. The van der Waals surface area contributed by atoms with Crippen molar-refractivity contribution in [3.63, 3.8) is 0 Å². The molecule has 8 aliphatic rings. The van der Waals surface area contributed by atoms with Crippen LogP contribution in [0.5, 0.6) is 0 Å². The van der Waals surface area contributed by atoms with E-state index >= 15 is 4.39 Å². The molecule has 9 heterocycles. The first kappa shape index (κ1) is 63.5. The van der Waals surface area contributed by atoms with Gasteiger partial charge >= 0.3 is 17.9 Å². The molecule has 4 amide bonds. The van der Waals surface area contributed by atoms with E-state index in [1.807, 2.05) is 41.5 Å². The van der Waals surface area contributed by atoms with Crippen LogP contribution < -0.4 is 11.0 Å². The van der Waals surface area contributed by atoms with Gasteiger partial charge in [-0.1, -0.05) is 49.1 Å².